The summed E-state index contributed by atoms with van der Waals surface area (Å²) in [6, 6.07) is 0. The van der Waals surface area contributed by atoms with Crippen LogP contribution in [0.3, 0.4) is 0 Å². The molecule has 21 heavy (non-hydrogen) atoms. The van der Waals surface area contributed by atoms with Gasteiger partial charge in [0.25, 0.3) is 0 Å². The standard InChI is InChI=1S/C13H18ClN7/c1-4-21-13-12(9(2)17-21)16-11(5-6-14)20(13)7-10-15-8-19(3)18-10/h8H,4-7H2,1-3H3. The quantitative estimate of drug-likeness (QED) is 0.670. The lowest BCUT2D eigenvalue weighted by molar-refractivity contribution is 0.624. The van der Waals surface area contributed by atoms with E-state index in [9.17, 15) is 0 Å². The van der Waals surface area contributed by atoms with Crippen LogP contribution in [0.4, 0.5) is 0 Å². The average Bonchev–Trinajstić information content (AvgIpc) is 3.10. The first-order valence-electron chi connectivity index (χ1n) is 6.97. The highest BCUT2D eigenvalue weighted by Crippen LogP contribution is 2.21. The first-order chi connectivity index (χ1) is 10.1. The molecule has 8 heteroatoms. The van der Waals surface area contributed by atoms with E-state index in [1.807, 2.05) is 18.7 Å². The average molecular weight is 308 g/mol. The molecule has 0 N–H and O–H groups in total. The van der Waals surface area contributed by atoms with E-state index in [1.165, 1.54) is 0 Å². The number of aryl methyl sites for hydroxylation is 4. The van der Waals surface area contributed by atoms with Gasteiger partial charge in [-0.2, -0.15) is 10.2 Å². The fourth-order valence-electron chi connectivity index (χ4n) is 2.53. The molecule has 0 amide bonds. The number of halogens is 1. The Balaban J connectivity index is 2.14. The minimum Gasteiger partial charge on any atom is -0.305 e. The van der Waals surface area contributed by atoms with Crippen molar-refractivity contribution in [1.29, 1.82) is 0 Å². The van der Waals surface area contributed by atoms with Crippen molar-refractivity contribution in [3.8, 4) is 0 Å². The van der Waals surface area contributed by atoms with Gasteiger partial charge in [-0.3, -0.25) is 4.68 Å². The molecule has 3 aromatic rings. The number of hydrogen-bond acceptors (Lipinski definition) is 4. The molecule has 112 valence electrons. The van der Waals surface area contributed by atoms with Gasteiger partial charge in [0.2, 0.25) is 0 Å². The molecule has 0 aromatic carbocycles. The summed E-state index contributed by atoms with van der Waals surface area (Å²) in [7, 11) is 1.86. The number of alkyl halides is 1. The van der Waals surface area contributed by atoms with E-state index in [1.54, 1.807) is 11.0 Å². The van der Waals surface area contributed by atoms with Crippen molar-refractivity contribution in [1.82, 2.24) is 34.1 Å². The molecule has 0 aliphatic carbocycles. The van der Waals surface area contributed by atoms with Gasteiger partial charge in [0.15, 0.2) is 11.5 Å². The van der Waals surface area contributed by atoms with Crippen LogP contribution in [0.15, 0.2) is 6.33 Å². The normalized spacial score (nSPS) is 11.6. The molecule has 0 saturated heterocycles. The summed E-state index contributed by atoms with van der Waals surface area (Å²) in [6.07, 6.45) is 2.42. The number of aromatic nitrogens is 7. The summed E-state index contributed by atoms with van der Waals surface area (Å²) >= 11 is 5.91. The Morgan fingerprint density at radius 3 is 2.71 bits per heavy atom. The van der Waals surface area contributed by atoms with Gasteiger partial charge in [0.1, 0.15) is 17.7 Å². The van der Waals surface area contributed by atoms with E-state index in [0.717, 1.165) is 35.1 Å². The van der Waals surface area contributed by atoms with Crippen molar-refractivity contribution in [3.63, 3.8) is 0 Å². The first-order valence-corrected chi connectivity index (χ1v) is 7.50. The van der Waals surface area contributed by atoms with Crippen LogP contribution in [-0.4, -0.2) is 40.0 Å². The van der Waals surface area contributed by atoms with Crippen LogP contribution in [0.2, 0.25) is 0 Å². The minimum absolute atomic E-state index is 0.536. The molecule has 0 radical (unpaired) electrons. The fraction of sp³-hybridized carbons (Fsp3) is 0.538. The number of hydrogen-bond donors (Lipinski definition) is 0. The van der Waals surface area contributed by atoms with E-state index in [4.69, 9.17) is 16.6 Å². The summed E-state index contributed by atoms with van der Waals surface area (Å²) < 4.78 is 5.79. The zero-order valence-corrected chi connectivity index (χ0v) is 13.2. The Morgan fingerprint density at radius 2 is 2.10 bits per heavy atom. The SMILES string of the molecule is CCn1nc(C)c2nc(CCCl)n(Cc3ncn(C)n3)c21. The second-order valence-electron chi connectivity index (χ2n) is 4.96. The van der Waals surface area contributed by atoms with Gasteiger partial charge in [-0.15, -0.1) is 11.6 Å². The van der Waals surface area contributed by atoms with Crippen LogP contribution in [0.25, 0.3) is 11.2 Å². The van der Waals surface area contributed by atoms with Crippen LogP contribution in [0.1, 0.15) is 24.3 Å². The number of rotatable bonds is 5. The van der Waals surface area contributed by atoms with E-state index in [-0.39, 0.29) is 0 Å². The van der Waals surface area contributed by atoms with Crippen molar-refractivity contribution < 1.29 is 0 Å². The van der Waals surface area contributed by atoms with Gasteiger partial charge in [0.05, 0.1) is 12.2 Å². The lowest BCUT2D eigenvalue weighted by Crippen LogP contribution is -2.11. The predicted molar refractivity (Wildman–Crippen MR) is 80.5 cm³/mol. The molecule has 7 nitrogen and oxygen atoms in total. The Kier molecular flexibility index (Phi) is 3.67. The maximum atomic E-state index is 5.91. The van der Waals surface area contributed by atoms with E-state index >= 15 is 0 Å². The van der Waals surface area contributed by atoms with Crippen LogP contribution >= 0.6 is 11.6 Å². The molecule has 3 aromatic heterocycles. The van der Waals surface area contributed by atoms with Crippen molar-refractivity contribution >= 4 is 22.8 Å². The number of imidazole rings is 1. The van der Waals surface area contributed by atoms with Crippen molar-refractivity contribution in [2.45, 2.75) is 33.4 Å². The second kappa shape index (κ2) is 5.48. The topological polar surface area (TPSA) is 66.3 Å². The first kappa shape index (κ1) is 14.1. The molecule has 0 fully saturated rings. The highest BCUT2D eigenvalue weighted by Gasteiger charge is 2.19. The third-order valence-electron chi connectivity index (χ3n) is 3.44. The van der Waals surface area contributed by atoms with E-state index in [2.05, 4.69) is 26.7 Å². The molecule has 3 heterocycles. The van der Waals surface area contributed by atoms with Gasteiger partial charge < -0.3 is 4.57 Å². The lowest BCUT2D eigenvalue weighted by atomic mass is 10.4. The van der Waals surface area contributed by atoms with E-state index in [0.29, 0.717) is 18.8 Å². The third kappa shape index (κ3) is 2.42. The highest BCUT2D eigenvalue weighted by atomic mass is 35.5. The van der Waals surface area contributed by atoms with Gasteiger partial charge in [0, 0.05) is 25.9 Å². The molecule has 0 spiro atoms. The molecule has 3 rings (SSSR count). The molecule has 0 atom stereocenters. The zero-order valence-electron chi connectivity index (χ0n) is 12.4. The maximum Gasteiger partial charge on any atom is 0.170 e. The van der Waals surface area contributed by atoms with Gasteiger partial charge >= 0.3 is 0 Å². The van der Waals surface area contributed by atoms with Gasteiger partial charge in [-0.1, -0.05) is 0 Å². The maximum absolute atomic E-state index is 5.91. The Morgan fingerprint density at radius 1 is 1.29 bits per heavy atom. The van der Waals surface area contributed by atoms with Crippen LogP contribution < -0.4 is 0 Å². The summed E-state index contributed by atoms with van der Waals surface area (Å²) in [4.78, 5) is 9.01. The molecule has 0 saturated carbocycles. The predicted octanol–water partition coefficient (Wildman–Crippen LogP) is 1.52. The van der Waals surface area contributed by atoms with Crippen LogP contribution in [0, 0.1) is 6.92 Å². The highest BCUT2D eigenvalue weighted by molar-refractivity contribution is 6.17. The molecule has 0 unspecified atom stereocenters. The summed E-state index contributed by atoms with van der Waals surface area (Å²) in [5.41, 5.74) is 2.89. The zero-order chi connectivity index (χ0) is 15.0. The minimum atomic E-state index is 0.536. The van der Waals surface area contributed by atoms with Crippen molar-refractivity contribution in [2.24, 2.45) is 7.05 Å². The summed E-state index contributed by atoms with van der Waals surface area (Å²) in [6.45, 7) is 5.43. The lowest BCUT2D eigenvalue weighted by Gasteiger charge is -2.07. The Bertz CT molecular complexity index is 767. The van der Waals surface area contributed by atoms with Crippen LogP contribution in [-0.2, 0) is 26.6 Å². The number of fused-ring (bicyclic) bond motifs is 1. The Labute approximate surface area is 127 Å². The largest absolute Gasteiger partial charge is 0.305 e. The second-order valence-corrected chi connectivity index (χ2v) is 5.34. The van der Waals surface area contributed by atoms with Crippen molar-refractivity contribution in [2.75, 3.05) is 5.88 Å². The van der Waals surface area contributed by atoms with Gasteiger partial charge in [-0.05, 0) is 13.8 Å². The fourth-order valence-corrected chi connectivity index (χ4v) is 2.70. The molecular weight excluding hydrogens is 290 g/mol. The van der Waals surface area contributed by atoms with E-state index < -0.39 is 0 Å². The number of nitrogens with zero attached hydrogens (tertiary/aromatic N) is 7. The monoisotopic (exact) mass is 307 g/mol. The smallest absolute Gasteiger partial charge is 0.170 e. The Hall–Kier alpha value is -1.89. The third-order valence-corrected chi connectivity index (χ3v) is 3.63. The molecule has 0 bridgehead atoms. The summed E-state index contributed by atoms with van der Waals surface area (Å²) in [5.74, 6) is 2.25. The molecule has 0 aliphatic heterocycles. The molecule has 0 aliphatic rings. The van der Waals surface area contributed by atoms with Crippen molar-refractivity contribution in [3.05, 3.63) is 23.7 Å². The van der Waals surface area contributed by atoms with Crippen LogP contribution in [0.5, 0.6) is 0 Å². The van der Waals surface area contributed by atoms with Gasteiger partial charge in [-0.25, -0.2) is 14.6 Å². The summed E-state index contributed by atoms with van der Waals surface area (Å²) in [5, 5.41) is 8.88. The molecular formula is C13H18ClN7.